The molecule has 18 heavy (non-hydrogen) atoms. The number of alkyl halides is 1. The number of halogens is 1. The molecule has 2 heterocycles. The second-order valence-corrected chi connectivity index (χ2v) is 4.31. The van der Waals surface area contributed by atoms with Crippen molar-refractivity contribution in [1.82, 2.24) is 9.78 Å². The zero-order valence-corrected chi connectivity index (χ0v) is 10.8. The number of fused-ring (bicyclic) bond motifs is 1. The van der Waals surface area contributed by atoms with Gasteiger partial charge in [-0.05, 0) is 30.7 Å². The summed E-state index contributed by atoms with van der Waals surface area (Å²) in [5, 5.41) is 4.28. The van der Waals surface area contributed by atoms with Gasteiger partial charge in [0.25, 0.3) is 0 Å². The van der Waals surface area contributed by atoms with E-state index in [1.807, 2.05) is 22.9 Å². The number of aryl methyl sites for hydroxylation is 1. The van der Waals surface area contributed by atoms with Crippen molar-refractivity contribution < 1.29 is 9.47 Å². The van der Waals surface area contributed by atoms with Crippen LogP contribution in [0.5, 0.6) is 11.5 Å². The third kappa shape index (κ3) is 1.73. The first-order valence-corrected chi connectivity index (χ1v) is 6.37. The fourth-order valence-electron chi connectivity index (χ4n) is 2.15. The topological polar surface area (TPSA) is 36.3 Å². The van der Waals surface area contributed by atoms with Gasteiger partial charge in [-0.2, -0.15) is 5.10 Å². The highest BCUT2D eigenvalue weighted by Gasteiger charge is 2.21. The lowest BCUT2D eigenvalue weighted by Gasteiger charge is -2.09. The van der Waals surface area contributed by atoms with Crippen LogP contribution in [0.1, 0.15) is 12.5 Å². The Morgan fingerprint density at radius 1 is 1.39 bits per heavy atom. The molecule has 0 N–H and O–H groups in total. The maximum absolute atomic E-state index is 5.92. The first-order chi connectivity index (χ1) is 8.83. The van der Waals surface area contributed by atoms with Gasteiger partial charge < -0.3 is 9.47 Å². The Bertz CT molecular complexity index is 580. The van der Waals surface area contributed by atoms with Crippen LogP contribution in [0, 0.1) is 0 Å². The van der Waals surface area contributed by atoms with E-state index in [2.05, 4.69) is 12.0 Å². The van der Waals surface area contributed by atoms with Crippen LogP contribution >= 0.6 is 11.6 Å². The van der Waals surface area contributed by atoms with Crippen LogP contribution in [-0.2, 0) is 12.4 Å². The Labute approximate surface area is 110 Å². The smallest absolute Gasteiger partial charge is 0.231 e. The molecule has 4 nitrogen and oxygen atoms in total. The molecular formula is C13H13ClN2O2. The van der Waals surface area contributed by atoms with Crippen molar-refractivity contribution >= 4 is 11.6 Å². The highest BCUT2D eigenvalue weighted by atomic mass is 35.5. The molecule has 2 aromatic rings. The predicted octanol–water partition coefficient (Wildman–Crippen LogP) is 3.04. The van der Waals surface area contributed by atoms with Gasteiger partial charge in [0.1, 0.15) is 0 Å². The summed E-state index contributed by atoms with van der Waals surface area (Å²) in [5.74, 6) is 1.98. The van der Waals surface area contributed by atoms with Crippen LogP contribution in [0.3, 0.4) is 0 Å². The summed E-state index contributed by atoms with van der Waals surface area (Å²) in [6.45, 7) is 3.12. The Kier molecular flexibility index (Phi) is 2.88. The molecule has 0 bridgehead atoms. The molecule has 0 saturated heterocycles. The molecule has 0 spiro atoms. The summed E-state index contributed by atoms with van der Waals surface area (Å²) < 4.78 is 12.9. The Hall–Kier alpha value is -1.68. The lowest BCUT2D eigenvalue weighted by atomic mass is 10.1. The van der Waals surface area contributed by atoms with Crippen molar-refractivity contribution in [1.29, 1.82) is 0 Å². The number of hydrogen-bond acceptors (Lipinski definition) is 3. The van der Waals surface area contributed by atoms with E-state index in [0.717, 1.165) is 34.9 Å². The molecule has 1 aliphatic rings. The largest absolute Gasteiger partial charge is 0.454 e. The lowest BCUT2D eigenvalue weighted by molar-refractivity contribution is 0.174. The molecule has 1 aliphatic heterocycles. The van der Waals surface area contributed by atoms with Crippen molar-refractivity contribution in [2.45, 2.75) is 19.3 Å². The van der Waals surface area contributed by atoms with Gasteiger partial charge in [0.05, 0.1) is 5.69 Å². The molecule has 0 aliphatic carbocycles. The zero-order valence-electron chi connectivity index (χ0n) is 10.0. The molecule has 0 fully saturated rings. The maximum atomic E-state index is 5.92. The number of nitrogens with zero attached hydrogens (tertiary/aromatic N) is 2. The monoisotopic (exact) mass is 264 g/mol. The first kappa shape index (κ1) is 11.4. The van der Waals surface area contributed by atoms with Crippen molar-refractivity contribution in [2.75, 3.05) is 6.79 Å². The van der Waals surface area contributed by atoms with E-state index in [1.165, 1.54) is 0 Å². The quantitative estimate of drug-likeness (QED) is 0.800. The van der Waals surface area contributed by atoms with Crippen molar-refractivity contribution in [2.24, 2.45) is 0 Å². The van der Waals surface area contributed by atoms with E-state index >= 15 is 0 Å². The summed E-state index contributed by atoms with van der Waals surface area (Å²) in [6.07, 6.45) is 1.79. The number of hydrogen-bond donors (Lipinski definition) is 0. The fraction of sp³-hybridized carbons (Fsp3) is 0.308. The van der Waals surface area contributed by atoms with Gasteiger partial charge in [0.15, 0.2) is 11.5 Å². The van der Waals surface area contributed by atoms with Crippen molar-refractivity contribution in [3.63, 3.8) is 0 Å². The highest BCUT2D eigenvalue weighted by Crippen LogP contribution is 2.42. The average Bonchev–Trinajstić information content (AvgIpc) is 3.05. The predicted molar refractivity (Wildman–Crippen MR) is 69.0 cm³/mol. The third-order valence-corrected chi connectivity index (χ3v) is 3.29. The summed E-state index contributed by atoms with van der Waals surface area (Å²) in [6, 6.07) is 5.92. The van der Waals surface area contributed by atoms with Crippen molar-refractivity contribution in [3.05, 3.63) is 30.0 Å². The number of ether oxygens (including phenoxy) is 2. The van der Waals surface area contributed by atoms with Crippen LogP contribution in [0.2, 0.25) is 0 Å². The summed E-state index contributed by atoms with van der Waals surface area (Å²) in [5.41, 5.74) is 3.02. The summed E-state index contributed by atoms with van der Waals surface area (Å²) >= 11 is 5.92. The Balaban J connectivity index is 2.19. The number of aromatic nitrogens is 2. The third-order valence-electron chi connectivity index (χ3n) is 2.98. The molecule has 3 rings (SSSR count). The van der Waals surface area contributed by atoms with E-state index < -0.39 is 0 Å². The fourth-order valence-corrected chi connectivity index (χ4v) is 2.30. The van der Waals surface area contributed by atoms with Crippen LogP contribution in [-0.4, -0.2) is 16.6 Å². The van der Waals surface area contributed by atoms with Crippen LogP contribution in [0.25, 0.3) is 11.3 Å². The molecule has 0 atom stereocenters. The van der Waals surface area contributed by atoms with Gasteiger partial charge in [0, 0.05) is 24.2 Å². The van der Waals surface area contributed by atoms with Crippen molar-refractivity contribution in [3.8, 4) is 22.8 Å². The number of rotatable bonds is 3. The first-order valence-electron chi connectivity index (χ1n) is 5.84. The van der Waals surface area contributed by atoms with Crippen LogP contribution in [0.15, 0.2) is 24.4 Å². The minimum atomic E-state index is 0.258. The van der Waals surface area contributed by atoms with Gasteiger partial charge in [-0.25, -0.2) is 0 Å². The van der Waals surface area contributed by atoms with Crippen LogP contribution < -0.4 is 9.47 Å². The maximum Gasteiger partial charge on any atom is 0.231 e. The molecular weight excluding hydrogens is 252 g/mol. The second kappa shape index (κ2) is 4.53. The number of benzene rings is 1. The Morgan fingerprint density at radius 2 is 2.28 bits per heavy atom. The van der Waals surface area contributed by atoms with E-state index in [0.29, 0.717) is 5.88 Å². The molecule has 5 heteroatoms. The van der Waals surface area contributed by atoms with E-state index in [9.17, 15) is 0 Å². The van der Waals surface area contributed by atoms with E-state index in [-0.39, 0.29) is 6.79 Å². The highest BCUT2D eigenvalue weighted by molar-refractivity contribution is 6.17. The molecule has 1 aromatic carbocycles. The van der Waals surface area contributed by atoms with E-state index in [1.54, 1.807) is 6.20 Å². The average molecular weight is 265 g/mol. The van der Waals surface area contributed by atoms with Crippen LogP contribution in [0.4, 0.5) is 0 Å². The lowest BCUT2D eigenvalue weighted by Crippen LogP contribution is -2.00. The summed E-state index contributed by atoms with van der Waals surface area (Å²) in [7, 11) is 0. The van der Waals surface area contributed by atoms with Gasteiger partial charge >= 0.3 is 0 Å². The second-order valence-electron chi connectivity index (χ2n) is 4.04. The van der Waals surface area contributed by atoms with Gasteiger partial charge in [-0.1, -0.05) is 0 Å². The standard InChI is InChI=1S/C13H13ClN2O2/c1-2-16-11(3-4-15-16)10-5-9(7-14)6-12-13(10)18-8-17-12/h3-6H,2,7-8H2,1H3. The molecule has 0 unspecified atom stereocenters. The SMILES string of the molecule is CCn1nccc1-c1cc(CCl)cc2c1OCO2. The molecule has 0 saturated carbocycles. The van der Waals surface area contributed by atoms with Gasteiger partial charge in [-0.15, -0.1) is 11.6 Å². The molecule has 0 amide bonds. The van der Waals surface area contributed by atoms with Gasteiger partial charge in [0.2, 0.25) is 6.79 Å². The Morgan fingerprint density at radius 3 is 3.06 bits per heavy atom. The zero-order chi connectivity index (χ0) is 12.5. The molecule has 0 radical (unpaired) electrons. The van der Waals surface area contributed by atoms with Gasteiger partial charge in [-0.3, -0.25) is 4.68 Å². The normalized spacial score (nSPS) is 13.0. The minimum Gasteiger partial charge on any atom is -0.454 e. The van der Waals surface area contributed by atoms with E-state index in [4.69, 9.17) is 21.1 Å². The molecule has 94 valence electrons. The minimum absolute atomic E-state index is 0.258. The summed E-state index contributed by atoms with van der Waals surface area (Å²) in [4.78, 5) is 0. The molecule has 1 aromatic heterocycles.